The van der Waals surface area contributed by atoms with Crippen LogP contribution < -0.4 is 19.5 Å². The summed E-state index contributed by atoms with van der Waals surface area (Å²) in [7, 11) is 0. The van der Waals surface area contributed by atoms with E-state index in [0.717, 1.165) is 0 Å². The molecule has 7 nitrogen and oxygen atoms in total. The maximum atomic E-state index is 12.3. The number of hydrogen-bond donors (Lipinski definition) is 1. The number of amides is 2. The molecule has 2 aliphatic rings. The van der Waals surface area contributed by atoms with Crippen LogP contribution in [-0.4, -0.2) is 49.7 Å². The van der Waals surface area contributed by atoms with Gasteiger partial charge in [-0.25, -0.2) is 0 Å². The Kier molecular flexibility index (Phi) is 5.77. The normalized spacial score (nSPS) is 16.9. The van der Waals surface area contributed by atoms with E-state index in [1.54, 1.807) is 6.07 Å². The fourth-order valence-corrected chi connectivity index (χ4v) is 3.27. The highest BCUT2D eigenvalue weighted by atomic mass is 16.7. The predicted molar refractivity (Wildman–Crippen MR) is 99.8 cm³/mol. The standard InChI is InChI=1S/C20H28N2O5/c1-20(2,3)19(24)22-9-6-14(7-10-22)18(23)21-8-11-25-15-4-5-16-17(12-15)27-13-26-16/h4-5,12,14H,6-11,13H2,1-3H3,(H,21,23). The molecule has 1 aromatic rings. The fourth-order valence-electron chi connectivity index (χ4n) is 3.27. The van der Waals surface area contributed by atoms with Gasteiger partial charge in [0.1, 0.15) is 12.4 Å². The average molecular weight is 376 g/mol. The number of likely N-dealkylation sites (tertiary alicyclic amines) is 1. The number of rotatable bonds is 5. The van der Waals surface area contributed by atoms with Crippen molar-refractivity contribution < 1.29 is 23.8 Å². The lowest BCUT2D eigenvalue weighted by atomic mass is 9.91. The summed E-state index contributed by atoms with van der Waals surface area (Å²) in [4.78, 5) is 26.5. The summed E-state index contributed by atoms with van der Waals surface area (Å²) < 4.78 is 16.2. The van der Waals surface area contributed by atoms with E-state index in [2.05, 4.69) is 5.32 Å². The van der Waals surface area contributed by atoms with Crippen molar-refractivity contribution >= 4 is 11.8 Å². The van der Waals surface area contributed by atoms with Gasteiger partial charge in [0.2, 0.25) is 18.6 Å². The SMILES string of the molecule is CC(C)(C)C(=O)N1CCC(C(=O)NCCOc2ccc3c(c2)OCO3)CC1. The van der Waals surface area contributed by atoms with Crippen LogP contribution in [0.2, 0.25) is 0 Å². The lowest BCUT2D eigenvalue weighted by Gasteiger charge is -2.35. The molecule has 27 heavy (non-hydrogen) atoms. The summed E-state index contributed by atoms with van der Waals surface area (Å²) in [6, 6.07) is 5.41. The molecule has 0 unspecified atom stereocenters. The van der Waals surface area contributed by atoms with E-state index in [0.29, 0.717) is 56.3 Å². The zero-order valence-corrected chi connectivity index (χ0v) is 16.2. The first-order valence-corrected chi connectivity index (χ1v) is 9.44. The van der Waals surface area contributed by atoms with Crippen LogP contribution in [0.5, 0.6) is 17.2 Å². The minimum atomic E-state index is -0.374. The van der Waals surface area contributed by atoms with Crippen molar-refractivity contribution in [3.63, 3.8) is 0 Å². The Morgan fingerprint density at radius 3 is 2.59 bits per heavy atom. The molecule has 2 heterocycles. The van der Waals surface area contributed by atoms with Crippen LogP contribution in [0.3, 0.4) is 0 Å². The van der Waals surface area contributed by atoms with Crippen molar-refractivity contribution in [2.24, 2.45) is 11.3 Å². The molecule has 7 heteroatoms. The number of fused-ring (bicyclic) bond motifs is 1. The van der Waals surface area contributed by atoms with Crippen molar-refractivity contribution in [3.05, 3.63) is 18.2 Å². The molecule has 148 valence electrons. The Morgan fingerprint density at radius 1 is 1.19 bits per heavy atom. The van der Waals surface area contributed by atoms with Crippen LogP contribution in [0.25, 0.3) is 0 Å². The minimum Gasteiger partial charge on any atom is -0.492 e. The number of hydrogen-bond acceptors (Lipinski definition) is 5. The molecule has 1 fully saturated rings. The third kappa shape index (κ3) is 4.84. The van der Waals surface area contributed by atoms with Crippen LogP contribution >= 0.6 is 0 Å². The molecule has 1 N–H and O–H groups in total. The van der Waals surface area contributed by atoms with E-state index in [4.69, 9.17) is 14.2 Å². The van der Waals surface area contributed by atoms with E-state index in [1.807, 2.05) is 37.8 Å². The van der Waals surface area contributed by atoms with Gasteiger partial charge in [-0.1, -0.05) is 20.8 Å². The van der Waals surface area contributed by atoms with Crippen LogP contribution in [0.15, 0.2) is 18.2 Å². The van der Waals surface area contributed by atoms with E-state index in [1.165, 1.54) is 0 Å². The first kappa shape index (κ1) is 19.3. The average Bonchev–Trinajstić information content (AvgIpc) is 3.11. The van der Waals surface area contributed by atoms with E-state index in [9.17, 15) is 9.59 Å². The Balaban J connectivity index is 1.36. The summed E-state index contributed by atoms with van der Waals surface area (Å²) in [5.74, 6) is 2.22. The Bertz CT molecular complexity index is 690. The molecule has 0 aromatic heterocycles. The van der Waals surface area contributed by atoms with Gasteiger partial charge >= 0.3 is 0 Å². The van der Waals surface area contributed by atoms with E-state index < -0.39 is 0 Å². The van der Waals surface area contributed by atoms with Gasteiger partial charge in [-0.05, 0) is 25.0 Å². The van der Waals surface area contributed by atoms with Crippen molar-refractivity contribution in [1.29, 1.82) is 0 Å². The van der Waals surface area contributed by atoms with Gasteiger partial charge in [-0.15, -0.1) is 0 Å². The second kappa shape index (κ2) is 8.06. The monoisotopic (exact) mass is 376 g/mol. The molecule has 0 saturated carbocycles. The first-order valence-electron chi connectivity index (χ1n) is 9.44. The van der Waals surface area contributed by atoms with Crippen molar-refractivity contribution in [1.82, 2.24) is 10.2 Å². The van der Waals surface area contributed by atoms with Crippen LogP contribution in [0.1, 0.15) is 33.6 Å². The highest BCUT2D eigenvalue weighted by Crippen LogP contribution is 2.35. The second-order valence-electron chi connectivity index (χ2n) is 7.97. The second-order valence-corrected chi connectivity index (χ2v) is 7.97. The third-order valence-corrected chi connectivity index (χ3v) is 4.81. The zero-order valence-electron chi connectivity index (χ0n) is 16.2. The number of benzene rings is 1. The van der Waals surface area contributed by atoms with Crippen LogP contribution in [-0.2, 0) is 9.59 Å². The Morgan fingerprint density at radius 2 is 1.89 bits per heavy atom. The maximum absolute atomic E-state index is 12.3. The quantitative estimate of drug-likeness (QED) is 0.797. The highest BCUT2D eigenvalue weighted by molar-refractivity contribution is 5.82. The highest BCUT2D eigenvalue weighted by Gasteiger charge is 2.32. The molecule has 1 saturated heterocycles. The predicted octanol–water partition coefficient (Wildman–Crippen LogP) is 2.19. The molecular weight excluding hydrogens is 348 g/mol. The number of nitrogens with zero attached hydrogens (tertiary/aromatic N) is 1. The molecule has 0 spiro atoms. The first-order chi connectivity index (χ1) is 12.8. The van der Waals surface area contributed by atoms with Crippen molar-refractivity contribution in [3.8, 4) is 17.2 Å². The zero-order chi connectivity index (χ0) is 19.4. The number of carbonyl (C=O) groups excluding carboxylic acids is 2. The third-order valence-electron chi connectivity index (χ3n) is 4.81. The van der Waals surface area contributed by atoms with E-state index >= 15 is 0 Å². The lowest BCUT2D eigenvalue weighted by molar-refractivity contribution is -0.142. The minimum absolute atomic E-state index is 0.0344. The molecule has 2 aliphatic heterocycles. The number of nitrogens with one attached hydrogen (secondary N) is 1. The molecule has 0 bridgehead atoms. The van der Waals surface area contributed by atoms with Gasteiger partial charge in [0.15, 0.2) is 11.5 Å². The van der Waals surface area contributed by atoms with Gasteiger partial charge in [-0.2, -0.15) is 0 Å². The Hall–Kier alpha value is -2.44. The van der Waals surface area contributed by atoms with Gasteiger partial charge in [0.25, 0.3) is 0 Å². The van der Waals surface area contributed by atoms with Crippen LogP contribution in [0, 0.1) is 11.3 Å². The Labute approximate surface area is 160 Å². The molecule has 2 amide bonds. The summed E-state index contributed by atoms with van der Waals surface area (Å²) in [5, 5.41) is 2.93. The maximum Gasteiger partial charge on any atom is 0.231 e. The largest absolute Gasteiger partial charge is 0.492 e. The molecule has 1 aromatic carbocycles. The molecule has 3 rings (SSSR count). The number of piperidine rings is 1. The lowest BCUT2D eigenvalue weighted by Crippen LogP contribution is -2.47. The fraction of sp³-hybridized carbons (Fsp3) is 0.600. The number of ether oxygens (including phenoxy) is 3. The smallest absolute Gasteiger partial charge is 0.231 e. The summed E-state index contributed by atoms with van der Waals surface area (Å²) in [6.45, 7) is 8.11. The van der Waals surface area contributed by atoms with Crippen LogP contribution in [0.4, 0.5) is 0 Å². The van der Waals surface area contributed by atoms with Crippen molar-refractivity contribution in [2.75, 3.05) is 33.0 Å². The summed E-state index contributed by atoms with van der Waals surface area (Å²) >= 11 is 0. The summed E-state index contributed by atoms with van der Waals surface area (Å²) in [6.07, 6.45) is 1.41. The van der Waals surface area contributed by atoms with Gasteiger partial charge in [0.05, 0.1) is 6.54 Å². The molecule has 0 aliphatic carbocycles. The van der Waals surface area contributed by atoms with Gasteiger partial charge in [-0.3, -0.25) is 9.59 Å². The topological polar surface area (TPSA) is 77.1 Å². The molecular formula is C20H28N2O5. The summed E-state index contributed by atoms with van der Waals surface area (Å²) in [5.41, 5.74) is -0.374. The number of carbonyl (C=O) groups is 2. The van der Waals surface area contributed by atoms with Gasteiger partial charge in [0, 0.05) is 30.5 Å². The molecule has 0 radical (unpaired) electrons. The van der Waals surface area contributed by atoms with Gasteiger partial charge < -0.3 is 24.4 Å². The van der Waals surface area contributed by atoms with Crippen molar-refractivity contribution in [2.45, 2.75) is 33.6 Å². The molecule has 0 atom stereocenters. The van der Waals surface area contributed by atoms with E-state index in [-0.39, 0.29) is 29.9 Å².